The highest BCUT2D eigenvalue weighted by Crippen LogP contribution is 2.22. The van der Waals surface area contributed by atoms with Gasteiger partial charge in [0.2, 0.25) is 0 Å². The van der Waals surface area contributed by atoms with Crippen LogP contribution in [0.5, 0.6) is 5.75 Å². The van der Waals surface area contributed by atoms with E-state index in [4.69, 9.17) is 4.74 Å². The van der Waals surface area contributed by atoms with Crippen molar-refractivity contribution in [2.24, 2.45) is 0 Å². The fourth-order valence-corrected chi connectivity index (χ4v) is 1.70. The van der Waals surface area contributed by atoms with E-state index in [0.717, 1.165) is 11.3 Å². The van der Waals surface area contributed by atoms with Gasteiger partial charge in [-0.3, -0.25) is 14.4 Å². The average molecular weight is 259 g/mol. The first-order valence-electron chi connectivity index (χ1n) is 5.98. The number of esters is 1. The minimum absolute atomic E-state index is 0.301. The highest BCUT2D eigenvalue weighted by atomic mass is 16.5. The van der Waals surface area contributed by atoms with E-state index in [1.54, 1.807) is 24.3 Å². The first kappa shape index (κ1) is 13.0. The Morgan fingerprint density at radius 3 is 2.21 bits per heavy atom. The molecular formula is C14H13NO4. The van der Waals surface area contributed by atoms with Crippen molar-refractivity contribution >= 4 is 23.5 Å². The number of carbonyl (C=O) groups excluding carboxylic acids is 3. The van der Waals surface area contributed by atoms with Gasteiger partial charge in [0.15, 0.2) is 0 Å². The number of hydrogen-bond donors (Lipinski definition) is 0. The summed E-state index contributed by atoms with van der Waals surface area (Å²) in [4.78, 5) is 35.3. The zero-order chi connectivity index (χ0) is 13.8. The van der Waals surface area contributed by atoms with Crippen molar-refractivity contribution in [3.8, 4) is 5.75 Å². The van der Waals surface area contributed by atoms with Gasteiger partial charge in [0, 0.05) is 18.6 Å². The van der Waals surface area contributed by atoms with Crippen molar-refractivity contribution in [3.63, 3.8) is 0 Å². The van der Waals surface area contributed by atoms with E-state index in [1.807, 2.05) is 6.92 Å². The van der Waals surface area contributed by atoms with Crippen LogP contribution in [0.3, 0.4) is 0 Å². The Morgan fingerprint density at radius 1 is 1.11 bits per heavy atom. The fourth-order valence-electron chi connectivity index (χ4n) is 1.70. The van der Waals surface area contributed by atoms with Gasteiger partial charge in [-0.25, -0.2) is 4.90 Å². The Hall–Kier alpha value is -2.43. The molecule has 98 valence electrons. The van der Waals surface area contributed by atoms with Crippen LogP contribution in [0.15, 0.2) is 36.4 Å². The molecule has 0 N–H and O–H groups in total. The minimum atomic E-state index is -0.374. The summed E-state index contributed by atoms with van der Waals surface area (Å²) in [5.41, 5.74) is 0.454. The minimum Gasteiger partial charge on any atom is -0.427 e. The Morgan fingerprint density at radius 2 is 1.68 bits per heavy atom. The number of rotatable bonds is 4. The molecule has 0 saturated carbocycles. The molecule has 1 aliphatic heterocycles. The molecule has 0 fully saturated rings. The molecule has 0 bridgehead atoms. The molecular weight excluding hydrogens is 246 g/mol. The largest absolute Gasteiger partial charge is 0.427 e. The lowest BCUT2D eigenvalue weighted by Gasteiger charge is -2.14. The van der Waals surface area contributed by atoms with E-state index in [2.05, 4.69) is 0 Å². The molecule has 0 aromatic heterocycles. The maximum atomic E-state index is 11.5. The Labute approximate surface area is 110 Å². The zero-order valence-electron chi connectivity index (χ0n) is 10.5. The van der Waals surface area contributed by atoms with Gasteiger partial charge in [0.05, 0.1) is 5.69 Å². The molecule has 0 unspecified atom stereocenters. The van der Waals surface area contributed by atoms with Crippen LogP contribution in [-0.4, -0.2) is 17.8 Å². The number of ether oxygens (including phenoxy) is 1. The van der Waals surface area contributed by atoms with Crippen LogP contribution >= 0.6 is 0 Å². The molecule has 5 heteroatoms. The van der Waals surface area contributed by atoms with Gasteiger partial charge in [-0.2, -0.15) is 0 Å². The van der Waals surface area contributed by atoms with Gasteiger partial charge in [0.25, 0.3) is 11.8 Å². The third-order valence-electron chi connectivity index (χ3n) is 2.59. The number of hydrogen-bond acceptors (Lipinski definition) is 4. The third kappa shape index (κ3) is 2.88. The summed E-state index contributed by atoms with van der Waals surface area (Å²) in [7, 11) is 0. The van der Waals surface area contributed by atoms with E-state index < -0.39 is 0 Å². The molecule has 0 spiro atoms. The highest BCUT2D eigenvalue weighted by Gasteiger charge is 2.24. The van der Waals surface area contributed by atoms with Gasteiger partial charge in [-0.05, 0) is 30.7 Å². The van der Waals surface area contributed by atoms with Crippen molar-refractivity contribution in [1.82, 2.24) is 0 Å². The molecule has 19 heavy (non-hydrogen) atoms. The Bertz CT molecular complexity index is 527. The zero-order valence-corrected chi connectivity index (χ0v) is 10.5. The van der Waals surface area contributed by atoms with Crippen molar-refractivity contribution in [3.05, 3.63) is 36.4 Å². The van der Waals surface area contributed by atoms with Crippen LogP contribution in [0.1, 0.15) is 19.8 Å². The first-order chi connectivity index (χ1) is 9.11. The predicted molar refractivity (Wildman–Crippen MR) is 68.6 cm³/mol. The van der Waals surface area contributed by atoms with Crippen LogP contribution in [0, 0.1) is 0 Å². The first-order valence-corrected chi connectivity index (χ1v) is 5.98. The lowest BCUT2D eigenvalue weighted by Crippen LogP contribution is -2.29. The topological polar surface area (TPSA) is 63.7 Å². The normalized spacial score (nSPS) is 14.1. The molecule has 0 saturated heterocycles. The summed E-state index contributed by atoms with van der Waals surface area (Å²) in [6.45, 7) is 1.89. The summed E-state index contributed by atoms with van der Waals surface area (Å²) in [6, 6.07) is 6.25. The SMILES string of the molecule is CCCC(=O)Oc1ccc(N2C(=O)C=CC2=O)cc1. The van der Waals surface area contributed by atoms with Crippen LogP contribution in [0.4, 0.5) is 5.69 Å². The van der Waals surface area contributed by atoms with Gasteiger partial charge < -0.3 is 4.74 Å². The van der Waals surface area contributed by atoms with Crippen LogP contribution in [0.2, 0.25) is 0 Å². The number of imide groups is 1. The molecule has 2 amide bonds. The highest BCUT2D eigenvalue weighted by molar-refractivity contribution is 6.28. The van der Waals surface area contributed by atoms with Gasteiger partial charge in [-0.1, -0.05) is 6.92 Å². The van der Waals surface area contributed by atoms with E-state index in [-0.39, 0.29) is 17.8 Å². The van der Waals surface area contributed by atoms with Gasteiger partial charge in [-0.15, -0.1) is 0 Å². The van der Waals surface area contributed by atoms with Crippen molar-refractivity contribution in [1.29, 1.82) is 0 Å². The van der Waals surface area contributed by atoms with Crippen LogP contribution < -0.4 is 9.64 Å². The Kier molecular flexibility index (Phi) is 3.75. The van der Waals surface area contributed by atoms with Crippen molar-refractivity contribution < 1.29 is 19.1 Å². The number of benzene rings is 1. The van der Waals surface area contributed by atoms with Crippen LogP contribution in [-0.2, 0) is 14.4 Å². The van der Waals surface area contributed by atoms with Crippen molar-refractivity contribution in [2.45, 2.75) is 19.8 Å². The Balaban J connectivity index is 2.09. The van der Waals surface area contributed by atoms with Gasteiger partial charge in [0.1, 0.15) is 5.75 Å². The average Bonchev–Trinajstić information content (AvgIpc) is 2.71. The second kappa shape index (κ2) is 5.48. The molecule has 0 aliphatic carbocycles. The third-order valence-corrected chi connectivity index (χ3v) is 2.59. The number of carbonyl (C=O) groups is 3. The lowest BCUT2D eigenvalue weighted by molar-refractivity contribution is -0.134. The molecule has 1 aromatic carbocycles. The van der Waals surface area contributed by atoms with E-state index in [1.165, 1.54) is 12.2 Å². The standard InChI is InChI=1S/C14H13NO4/c1-2-3-14(18)19-11-6-4-10(5-7-11)15-12(16)8-9-13(15)17/h4-9H,2-3H2,1H3. The molecule has 2 rings (SSSR count). The number of amides is 2. The molecule has 1 aromatic rings. The summed E-state index contributed by atoms with van der Waals surface area (Å²) >= 11 is 0. The van der Waals surface area contributed by atoms with E-state index >= 15 is 0 Å². The number of anilines is 1. The molecule has 0 atom stereocenters. The summed E-state index contributed by atoms with van der Waals surface area (Å²) in [6.07, 6.45) is 3.52. The van der Waals surface area contributed by atoms with Crippen molar-refractivity contribution in [2.75, 3.05) is 4.90 Å². The molecule has 5 nitrogen and oxygen atoms in total. The summed E-state index contributed by atoms with van der Waals surface area (Å²) in [5.74, 6) is -0.652. The quantitative estimate of drug-likeness (QED) is 0.470. The maximum absolute atomic E-state index is 11.5. The van der Waals surface area contributed by atoms with E-state index in [9.17, 15) is 14.4 Å². The second-order valence-electron chi connectivity index (χ2n) is 4.06. The maximum Gasteiger partial charge on any atom is 0.311 e. The number of nitrogens with zero attached hydrogens (tertiary/aromatic N) is 1. The smallest absolute Gasteiger partial charge is 0.311 e. The monoisotopic (exact) mass is 259 g/mol. The van der Waals surface area contributed by atoms with Gasteiger partial charge >= 0.3 is 5.97 Å². The molecule has 1 heterocycles. The summed E-state index contributed by atoms with van der Waals surface area (Å²) in [5, 5.41) is 0. The van der Waals surface area contributed by atoms with E-state index in [0.29, 0.717) is 17.9 Å². The predicted octanol–water partition coefficient (Wildman–Crippen LogP) is 1.82. The molecule has 0 radical (unpaired) electrons. The fraction of sp³-hybridized carbons (Fsp3) is 0.214. The lowest BCUT2D eigenvalue weighted by atomic mass is 10.2. The van der Waals surface area contributed by atoms with Crippen LogP contribution in [0.25, 0.3) is 0 Å². The second-order valence-corrected chi connectivity index (χ2v) is 4.06. The summed E-state index contributed by atoms with van der Waals surface area (Å²) < 4.78 is 5.08. The molecule has 1 aliphatic rings.